The van der Waals surface area contributed by atoms with Gasteiger partial charge in [0.05, 0.1) is 0 Å². The average Bonchev–Trinajstić information content (AvgIpc) is 3.94. The van der Waals surface area contributed by atoms with Crippen LogP contribution in [0.5, 0.6) is 11.5 Å². The summed E-state index contributed by atoms with van der Waals surface area (Å²) in [5.41, 5.74) is 12.8. The number of hydrogen-bond donors (Lipinski definition) is 0. The van der Waals surface area contributed by atoms with Gasteiger partial charge in [0.25, 0.3) is 0 Å². The van der Waals surface area contributed by atoms with Gasteiger partial charge in [-0.05, 0) is 75.6 Å². The fourth-order valence-corrected chi connectivity index (χ4v) is 9.39. The number of hydrogen-bond acceptors (Lipinski definition) is 5. The first-order valence-corrected chi connectivity index (χ1v) is 21.0. The Morgan fingerprint density at radius 2 is 1.19 bits per heavy atom. The Hall–Kier alpha value is -7.15. The molecule has 9 heteroatoms. The number of ether oxygens (including phenoxy) is 1. The third kappa shape index (κ3) is 6.23. The number of anilines is 4. The zero-order valence-electron chi connectivity index (χ0n) is 34.8. The van der Waals surface area contributed by atoms with E-state index in [9.17, 15) is 0 Å². The van der Waals surface area contributed by atoms with Crippen LogP contribution in [0.1, 0.15) is 26.3 Å². The van der Waals surface area contributed by atoms with Crippen molar-refractivity contribution in [3.63, 3.8) is 0 Å². The predicted octanol–water partition coefficient (Wildman–Crippen LogP) is 13.2. The molecule has 0 fully saturated rings. The monoisotopic (exact) mass is 993 g/mol. The topological polar surface area (TPSA) is 51.4 Å². The summed E-state index contributed by atoms with van der Waals surface area (Å²) >= 11 is 0. The third-order valence-electron chi connectivity index (χ3n) is 12.2. The van der Waals surface area contributed by atoms with E-state index in [1.54, 1.807) is 0 Å². The zero-order valence-corrected chi connectivity index (χ0v) is 37.1. The Balaban J connectivity index is 0.00000444. The minimum absolute atomic E-state index is 0. The standard InChI is InChI=1S/C54H39BN6O.Pt/c1-54(2,3)36-29-30-56-52(33-36)59-47-22-12-9-21-44(47)45-27-25-39(35-51(45)59)62-38-26-28-50-46(34-38)53-57-31-32-58(53)55-60(37-15-5-4-6-16-37)48-23-13-10-19-42(48)40-17-7-8-18-41(40)43-20-11-14-24-49(43)61(50)55;/h4-33H,1-3H3;/q-2;+2. The summed E-state index contributed by atoms with van der Waals surface area (Å²) < 4.78 is 11.2. The maximum absolute atomic E-state index is 6.75. The molecule has 0 saturated carbocycles. The van der Waals surface area contributed by atoms with Crippen LogP contribution in [0.4, 0.5) is 22.7 Å². The second-order valence-electron chi connectivity index (χ2n) is 16.9. The van der Waals surface area contributed by atoms with Gasteiger partial charge in [-0.3, -0.25) is 4.98 Å². The van der Waals surface area contributed by atoms with Gasteiger partial charge in [-0.25, -0.2) is 4.98 Å². The molecule has 2 aliphatic rings. The third-order valence-corrected chi connectivity index (χ3v) is 12.2. The van der Waals surface area contributed by atoms with E-state index < -0.39 is 0 Å². The van der Waals surface area contributed by atoms with Crippen molar-refractivity contribution in [2.24, 2.45) is 0 Å². The predicted molar refractivity (Wildman–Crippen MR) is 252 cm³/mol. The maximum atomic E-state index is 6.75. The van der Waals surface area contributed by atoms with Crippen molar-refractivity contribution in [1.29, 1.82) is 0 Å². The molecule has 0 radical (unpaired) electrons. The number of pyridine rings is 1. The molecule has 10 aromatic rings. The van der Waals surface area contributed by atoms with E-state index in [1.807, 2.05) is 24.5 Å². The Labute approximate surface area is 381 Å². The Morgan fingerprint density at radius 1 is 0.556 bits per heavy atom. The van der Waals surface area contributed by atoms with Crippen LogP contribution >= 0.6 is 0 Å². The summed E-state index contributed by atoms with van der Waals surface area (Å²) in [6, 6.07) is 65.2. The van der Waals surface area contributed by atoms with Crippen LogP contribution in [-0.2, 0) is 26.5 Å². The molecule has 0 saturated heterocycles. The maximum Gasteiger partial charge on any atom is 2.00 e. The van der Waals surface area contributed by atoms with Crippen LogP contribution in [0.3, 0.4) is 0 Å². The molecule has 0 unspecified atom stereocenters. The molecule has 7 aromatic carbocycles. The molecule has 304 valence electrons. The summed E-state index contributed by atoms with van der Waals surface area (Å²) in [4.78, 5) is 14.8. The zero-order chi connectivity index (χ0) is 41.5. The summed E-state index contributed by atoms with van der Waals surface area (Å²) in [5.74, 6) is 2.79. The number of benzene rings is 7. The second kappa shape index (κ2) is 15.0. The molecule has 63 heavy (non-hydrogen) atoms. The number of para-hydroxylation sites is 4. The fraction of sp³-hybridized carbons (Fsp3) is 0.0741. The van der Waals surface area contributed by atoms with Gasteiger partial charge >= 0.3 is 28.2 Å². The van der Waals surface area contributed by atoms with Crippen molar-refractivity contribution in [2.45, 2.75) is 26.2 Å². The molecule has 3 aromatic heterocycles. The van der Waals surface area contributed by atoms with Crippen molar-refractivity contribution in [3.8, 4) is 51.0 Å². The Bertz CT molecular complexity index is 3370. The number of fused-ring (bicyclic) bond motifs is 15. The largest absolute Gasteiger partial charge is 2.00 e. The summed E-state index contributed by atoms with van der Waals surface area (Å²) in [7, 11) is -0.373. The molecular formula is C54H39BN6OPt. The van der Waals surface area contributed by atoms with E-state index >= 15 is 0 Å². The smallest absolute Gasteiger partial charge is 0.503 e. The summed E-state index contributed by atoms with van der Waals surface area (Å²) in [5, 5.41) is 2.21. The molecule has 2 aliphatic heterocycles. The van der Waals surface area contributed by atoms with Crippen molar-refractivity contribution >= 4 is 51.7 Å². The van der Waals surface area contributed by atoms with Crippen molar-refractivity contribution in [3.05, 3.63) is 200 Å². The van der Waals surface area contributed by atoms with Crippen LogP contribution < -0.4 is 14.4 Å². The SMILES string of the molecule is CC(C)(C)c1ccnc(-n2c3[c-]c(Oc4[c-]c5c(cc4)N4B(N(c6ccccc6)c6ccccc6-c6ccccc6-c6ccccc64)n4ccnc4-5)ccc3c3ccccc32)c1.[Pt+2]. The molecule has 12 rings (SSSR count). The summed E-state index contributed by atoms with van der Waals surface area (Å²) in [6.07, 6.45) is 5.86. The van der Waals surface area contributed by atoms with E-state index in [0.717, 1.165) is 78.5 Å². The quantitative estimate of drug-likeness (QED) is 0.130. The molecule has 0 amide bonds. The van der Waals surface area contributed by atoms with Gasteiger partial charge in [0.2, 0.25) is 0 Å². The van der Waals surface area contributed by atoms with Crippen LogP contribution in [0.25, 0.3) is 61.3 Å². The normalized spacial score (nSPS) is 12.8. The second-order valence-corrected chi connectivity index (χ2v) is 16.9. The van der Waals surface area contributed by atoms with Gasteiger partial charge in [0.15, 0.2) is 0 Å². The van der Waals surface area contributed by atoms with Crippen molar-refractivity contribution in [1.82, 2.24) is 19.0 Å². The van der Waals surface area contributed by atoms with Crippen LogP contribution in [0.2, 0.25) is 0 Å². The molecule has 0 atom stereocenters. The first kappa shape index (κ1) is 38.8. The van der Waals surface area contributed by atoms with Gasteiger partial charge in [0.1, 0.15) is 5.82 Å². The van der Waals surface area contributed by atoms with Crippen LogP contribution in [0.15, 0.2) is 182 Å². The van der Waals surface area contributed by atoms with Gasteiger partial charge in [-0.1, -0.05) is 141 Å². The minimum Gasteiger partial charge on any atom is -0.503 e. The molecule has 7 nitrogen and oxygen atoms in total. The number of aromatic nitrogens is 4. The Morgan fingerprint density at radius 3 is 1.94 bits per heavy atom. The van der Waals surface area contributed by atoms with E-state index in [0.29, 0.717) is 11.5 Å². The number of imidazole rings is 1. The number of nitrogens with zero attached hydrogens (tertiary/aromatic N) is 6. The molecular weight excluding hydrogens is 955 g/mol. The van der Waals surface area contributed by atoms with E-state index in [1.165, 1.54) is 11.1 Å². The molecule has 0 spiro atoms. The average molecular weight is 994 g/mol. The van der Waals surface area contributed by atoms with Crippen molar-refractivity contribution in [2.75, 3.05) is 9.62 Å². The summed E-state index contributed by atoms with van der Waals surface area (Å²) in [6.45, 7) is 6.68. The number of rotatable bonds is 4. The fourth-order valence-electron chi connectivity index (χ4n) is 9.39. The van der Waals surface area contributed by atoms with E-state index in [2.05, 4.69) is 209 Å². The van der Waals surface area contributed by atoms with Crippen molar-refractivity contribution < 1.29 is 25.8 Å². The first-order valence-electron chi connectivity index (χ1n) is 21.0. The van der Waals surface area contributed by atoms with Gasteiger partial charge in [0, 0.05) is 69.6 Å². The minimum atomic E-state index is -0.373. The van der Waals surface area contributed by atoms with Gasteiger partial charge in [-0.2, -0.15) is 6.07 Å². The van der Waals surface area contributed by atoms with Gasteiger partial charge in [-0.15, -0.1) is 23.6 Å². The van der Waals surface area contributed by atoms with Crippen LogP contribution in [-0.4, -0.2) is 26.1 Å². The van der Waals surface area contributed by atoms with E-state index in [-0.39, 0.29) is 33.6 Å². The molecule has 0 N–H and O–H groups in total. The van der Waals surface area contributed by atoms with Crippen LogP contribution in [0, 0.1) is 12.1 Å². The Kier molecular flexibility index (Phi) is 9.25. The molecule has 0 bridgehead atoms. The molecule has 5 heterocycles. The molecule has 0 aliphatic carbocycles. The van der Waals surface area contributed by atoms with E-state index in [4.69, 9.17) is 14.7 Å². The van der Waals surface area contributed by atoms with Gasteiger partial charge < -0.3 is 23.4 Å². The first-order chi connectivity index (χ1) is 30.4.